The SMILES string of the molecule is Cc1c(NC(=S)NC(=O)c2cn(-c3ccccc3)nc2-c2ccccc2)cnn1C. The Morgan fingerprint density at radius 3 is 2.33 bits per heavy atom. The van der Waals surface area contributed by atoms with Gasteiger partial charge in [-0.05, 0) is 31.3 Å². The minimum Gasteiger partial charge on any atom is -0.330 e. The van der Waals surface area contributed by atoms with Crippen molar-refractivity contribution in [2.45, 2.75) is 6.92 Å². The number of rotatable bonds is 4. The van der Waals surface area contributed by atoms with Gasteiger partial charge in [-0.3, -0.25) is 14.8 Å². The number of nitrogens with one attached hydrogen (secondary N) is 2. The third-order valence-corrected chi connectivity index (χ3v) is 4.94. The number of carbonyl (C=O) groups is 1. The summed E-state index contributed by atoms with van der Waals surface area (Å²) in [6.07, 6.45) is 3.38. The van der Waals surface area contributed by atoms with Gasteiger partial charge in [-0.1, -0.05) is 48.5 Å². The first kappa shape index (κ1) is 19.5. The number of para-hydroxylation sites is 1. The van der Waals surface area contributed by atoms with Crippen LogP contribution in [0.15, 0.2) is 73.1 Å². The molecule has 8 heteroatoms. The summed E-state index contributed by atoms with van der Waals surface area (Å²) in [4.78, 5) is 13.1. The first-order valence-electron chi connectivity index (χ1n) is 9.34. The zero-order chi connectivity index (χ0) is 21.1. The van der Waals surface area contributed by atoms with Crippen LogP contribution in [0.1, 0.15) is 16.1 Å². The summed E-state index contributed by atoms with van der Waals surface area (Å²) < 4.78 is 3.42. The van der Waals surface area contributed by atoms with Crippen molar-refractivity contribution in [3.8, 4) is 16.9 Å². The van der Waals surface area contributed by atoms with Gasteiger partial charge in [0, 0.05) is 18.8 Å². The standard InChI is InChI=1S/C22H20N6OS/c1-15-19(13-23-27(15)2)24-22(30)25-21(29)18-14-28(17-11-7-4-8-12-17)26-20(18)16-9-5-3-6-10-16/h3-14H,1-2H3,(H2,24,25,29,30). The van der Waals surface area contributed by atoms with Crippen molar-refractivity contribution in [2.24, 2.45) is 7.05 Å². The summed E-state index contributed by atoms with van der Waals surface area (Å²) in [5, 5.41) is 14.8. The van der Waals surface area contributed by atoms with Gasteiger partial charge in [0.1, 0.15) is 5.69 Å². The summed E-state index contributed by atoms with van der Waals surface area (Å²) >= 11 is 5.33. The number of thiocarbonyl (C=S) groups is 1. The van der Waals surface area contributed by atoms with Crippen molar-refractivity contribution in [3.63, 3.8) is 0 Å². The van der Waals surface area contributed by atoms with Gasteiger partial charge in [0.25, 0.3) is 5.91 Å². The zero-order valence-electron chi connectivity index (χ0n) is 16.5. The average molecular weight is 417 g/mol. The molecule has 0 aliphatic carbocycles. The molecule has 4 rings (SSSR count). The van der Waals surface area contributed by atoms with E-state index in [0.717, 1.165) is 22.6 Å². The first-order valence-corrected chi connectivity index (χ1v) is 9.75. The molecule has 2 aromatic heterocycles. The number of aromatic nitrogens is 4. The summed E-state index contributed by atoms with van der Waals surface area (Å²) in [6, 6.07) is 19.2. The van der Waals surface area contributed by atoms with Crippen molar-refractivity contribution in [1.29, 1.82) is 0 Å². The maximum atomic E-state index is 13.1. The molecule has 2 aromatic carbocycles. The van der Waals surface area contributed by atoms with E-state index < -0.39 is 0 Å². The number of aryl methyl sites for hydroxylation is 1. The number of hydrogen-bond donors (Lipinski definition) is 2. The molecule has 0 saturated carbocycles. The van der Waals surface area contributed by atoms with E-state index in [2.05, 4.69) is 20.8 Å². The molecular weight excluding hydrogens is 396 g/mol. The van der Waals surface area contributed by atoms with Gasteiger partial charge in [0.15, 0.2) is 5.11 Å². The molecule has 1 amide bonds. The molecule has 0 unspecified atom stereocenters. The molecule has 0 fully saturated rings. The zero-order valence-corrected chi connectivity index (χ0v) is 17.4. The van der Waals surface area contributed by atoms with E-state index in [4.69, 9.17) is 12.2 Å². The first-order chi connectivity index (χ1) is 14.5. The van der Waals surface area contributed by atoms with Crippen molar-refractivity contribution < 1.29 is 4.79 Å². The highest BCUT2D eigenvalue weighted by Crippen LogP contribution is 2.23. The monoisotopic (exact) mass is 416 g/mol. The van der Waals surface area contributed by atoms with E-state index in [1.54, 1.807) is 21.8 Å². The van der Waals surface area contributed by atoms with Crippen LogP contribution in [0.25, 0.3) is 16.9 Å². The fraction of sp³-hybridized carbons (Fsp3) is 0.0909. The Balaban J connectivity index is 1.63. The molecule has 0 atom stereocenters. The summed E-state index contributed by atoms with van der Waals surface area (Å²) in [7, 11) is 1.84. The average Bonchev–Trinajstić information content (AvgIpc) is 3.35. The number of benzene rings is 2. The second-order valence-corrected chi connectivity index (χ2v) is 7.12. The summed E-state index contributed by atoms with van der Waals surface area (Å²) in [6.45, 7) is 1.91. The molecule has 150 valence electrons. The van der Waals surface area contributed by atoms with Crippen molar-refractivity contribution >= 4 is 28.9 Å². The van der Waals surface area contributed by atoms with Crippen LogP contribution in [0.2, 0.25) is 0 Å². The highest BCUT2D eigenvalue weighted by Gasteiger charge is 2.20. The maximum Gasteiger partial charge on any atom is 0.261 e. The molecule has 4 aromatic rings. The van der Waals surface area contributed by atoms with E-state index in [1.165, 1.54) is 0 Å². The fourth-order valence-corrected chi connectivity index (χ4v) is 3.21. The van der Waals surface area contributed by atoms with Gasteiger partial charge in [-0.15, -0.1) is 0 Å². The molecule has 2 N–H and O–H groups in total. The van der Waals surface area contributed by atoms with Crippen LogP contribution >= 0.6 is 12.2 Å². The fourth-order valence-electron chi connectivity index (χ4n) is 3.01. The van der Waals surface area contributed by atoms with Crippen LogP contribution in [0.5, 0.6) is 0 Å². The second kappa shape index (κ2) is 8.30. The molecular formula is C22H20N6OS. The van der Waals surface area contributed by atoms with Crippen molar-refractivity contribution in [1.82, 2.24) is 24.9 Å². The molecule has 0 aliphatic heterocycles. The number of hydrogen-bond acceptors (Lipinski definition) is 4. The lowest BCUT2D eigenvalue weighted by Crippen LogP contribution is -2.34. The minimum atomic E-state index is -0.338. The molecule has 0 aliphatic rings. The van der Waals surface area contributed by atoms with Crippen molar-refractivity contribution in [3.05, 3.63) is 84.3 Å². The normalized spacial score (nSPS) is 10.6. The third-order valence-electron chi connectivity index (χ3n) is 4.74. The van der Waals surface area contributed by atoms with E-state index in [0.29, 0.717) is 11.3 Å². The Morgan fingerprint density at radius 2 is 1.70 bits per heavy atom. The smallest absolute Gasteiger partial charge is 0.261 e. The van der Waals surface area contributed by atoms with E-state index in [9.17, 15) is 4.79 Å². The lowest BCUT2D eigenvalue weighted by Gasteiger charge is -2.09. The van der Waals surface area contributed by atoms with Gasteiger partial charge < -0.3 is 5.32 Å². The van der Waals surface area contributed by atoms with Gasteiger partial charge in [-0.25, -0.2) is 4.68 Å². The Morgan fingerprint density at radius 1 is 1.03 bits per heavy atom. The predicted molar refractivity (Wildman–Crippen MR) is 121 cm³/mol. The lowest BCUT2D eigenvalue weighted by molar-refractivity contribution is 0.0978. The maximum absolute atomic E-state index is 13.1. The number of nitrogens with zero attached hydrogens (tertiary/aromatic N) is 4. The number of amides is 1. The Labute approximate surface area is 179 Å². The van der Waals surface area contributed by atoms with Gasteiger partial charge in [0.2, 0.25) is 0 Å². The predicted octanol–water partition coefficient (Wildman–Crippen LogP) is 3.71. The van der Waals surface area contributed by atoms with Crippen LogP contribution in [-0.2, 0) is 7.05 Å². The quantitative estimate of drug-likeness (QED) is 0.496. The van der Waals surface area contributed by atoms with E-state index in [1.807, 2.05) is 74.6 Å². The third kappa shape index (κ3) is 3.99. The van der Waals surface area contributed by atoms with Crippen LogP contribution < -0.4 is 10.6 Å². The van der Waals surface area contributed by atoms with Crippen molar-refractivity contribution in [2.75, 3.05) is 5.32 Å². The summed E-state index contributed by atoms with van der Waals surface area (Å²) in [5.41, 5.74) is 4.37. The Hall–Kier alpha value is -3.78. The largest absolute Gasteiger partial charge is 0.330 e. The second-order valence-electron chi connectivity index (χ2n) is 6.71. The molecule has 0 bridgehead atoms. The van der Waals surface area contributed by atoms with E-state index >= 15 is 0 Å². The van der Waals surface area contributed by atoms with E-state index in [-0.39, 0.29) is 11.0 Å². The van der Waals surface area contributed by atoms with Gasteiger partial charge >= 0.3 is 0 Å². The molecule has 30 heavy (non-hydrogen) atoms. The Bertz CT molecular complexity index is 1200. The number of anilines is 1. The molecule has 7 nitrogen and oxygen atoms in total. The Kier molecular flexibility index (Phi) is 5.40. The summed E-state index contributed by atoms with van der Waals surface area (Å²) in [5.74, 6) is -0.338. The van der Waals surface area contributed by atoms with Gasteiger partial charge in [-0.2, -0.15) is 10.2 Å². The highest BCUT2D eigenvalue weighted by atomic mass is 32.1. The topological polar surface area (TPSA) is 76.8 Å². The van der Waals surface area contributed by atoms with Crippen LogP contribution in [0.3, 0.4) is 0 Å². The minimum absolute atomic E-state index is 0.197. The molecule has 2 heterocycles. The van der Waals surface area contributed by atoms with Crippen LogP contribution in [-0.4, -0.2) is 30.6 Å². The lowest BCUT2D eigenvalue weighted by atomic mass is 10.1. The number of carbonyl (C=O) groups excluding carboxylic acids is 1. The van der Waals surface area contributed by atoms with Crippen LogP contribution in [0, 0.1) is 6.92 Å². The van der Waals surface area contributed by atoms with Crippen LogP contribution in [0.4, 0.5) is 5.69 Å². The molecule has 0 saturated heterocycles. The highest BCUT2D eigenvalue weighted by molar-refractivity contribution is 7.80. The molecule has 0 radical (unpaired) electrons. The van der Waals surface area contributed by atoms with Gasteiger partial charge in [0.05, 0.1) is 28.8 Å². The molecule has 0 spiro atoms.